The summed E-state index contributed by atoms with van der Waals surface area (Å²) in [6.07, 6.45) is 0. The van der Waals surface area contributed by atoms with Gasteiger partial charge in [0.05, 0.1) is 11.3 Å². The molecule has 1 N–H and O–H groups in total. The van der Waals surface area contributed by atoms with Crippen LogP contribution in [0.1, 0.15) is 10.4 Å². The second kappa shape index (κ2) is 8.39. The fraction of sp³-hybridized carbons (Fsp3) is 0.125. The van der Waals surface area contributed by atoms with Gasteiger partial charge in [0.1, 0.15) is 5.75 Å². The van der Waals surface area contributed by atoms with E-state index in [0.717, 1.165) is 6.07 Å². The molecular weight excluding hydrogens is 388 g/mol. The van der Waals surface area contributed by atoms with Crippen LogP contribution in [0.25, 0.3) is 0 Å². The Hall–Kier alpha value is -2.48. The van der Waals surface area contributed by atoms with Crippen molar-refractivity contribution in [3.8, 4) is 5.75 Å². The standard InChI is InChI=1S/C16H12BrF2NO4/c17-12-6-1-2-7-13(12)20-14(21)9-23-15(22)10-4-3-5-11(8-10)24-16(18)19/h1-8,16H,9H2,(H,20,21). The van der Waals surface area contributed by atoms with E-state index in [-0.39, 0.29) is 11.3 Å². The quantitative estimate of drug-likeness (QED) is 0.749. The molecule has 0 aliphatic carbocycles. The van der Waals surface area contributed by atoms with Gasteiger partial charge in [0, 0.05) is 4.47 Å². The van der Waals surface area contributed by atoms with E-state index in [4.69, 9.17) is 4.74 Å². The Kier molecular flexibility index (Phi) is 6.25. The van der Waals surface area contributed by atoms with Crippen LogP contribution in [-0.4, -0.2) is 25.1 Å². The minimum atomic E-state index is -2.99. The van der Waals surface area contributed by atoms with E-state index in [1.807, 2.05) is 0 Å². The summed E-state index contributed by atoms with van der Waals surface area (Å²) in [5, 5.41) is 2.57. The van der Waals surface area contributed by atoms with Gasteiger partial charge in [-0.05, 0) is 46.3 Å². The molecule has 0 fully saturated rings. The van der Waals surface area contributed by atoms with Gasteiger partial charge in [0.25, 0.3) is 5.91 Å². The molecule has 8 heteroatoms. The van der Waals surface area contributed by atoms with E-state index < -0.39 is 25.1 Å². The van der Waals surface area contributed by atoms with E-state index >= 15 is 0 Å². The van der Waals surface area contributed by atoms with Gasteiger partial charge in [0.2, 0.25) is 0 Å². The molecule has 126 valence electrons. The van der Waals surface area contributed by atoms with Crippen LogP contribution in [0.5, 0.6) is 5.75 Å². The smallest absolute Gasteiger partial charge is 0.387 e. The molecule has 5 nitrogen and oxygen atoms in total. The van der Waals surface area contributed by atoms with Gasteiger partial charge in [-0.1, -0.05) is 18.2 Å². The summed E-state index contributed by atoms with van der Waals surface area (Å²) in [5.74, 6) is -1.52. The first-order chi connectivity index (χ1) is 11.5. The minimum Gasteiger partial charge on any atom is -0.452 e. The largest absolute Gasteiger partial charge is 0.452 e. The van der Waals surface area contributed by atoms with Crippen LogP contribution in [0.3, 0.4) is 0 Å². The number of hydrogen-bond donors (Lipinski definition) is 1. The number of ether oxygens (including phenoxy) is 2. The van der Waals surface area contributed by atoms with Gasteiger partial charge < -0.3 is 14.8 Å². The predicted octanol–water partition coefficient (Wildman–Crippen LogP) is 3.85. The van der Waals surface area contributed by atoms with Crippen molar-refractivity contribution < 1.29 is 27.8 Å². The molecule has 0 aliphatic heterocycles. The van der Waals surface area contributed by atoms with E-state index in [1.165, 1.54) is 18.2 Å². The molecule has 0 unspecified atom stereocenters. The molecule has 0 saturated carbocycles. The van der Waals surface area contributed by atoms with Gasteiger partial charge >= 0.3 is 12.6 Å². The number of carbonyl (C=O) groups excluding carboxylic acids is 2. The van der Waals surface area contributed by atoms with Crippen LogP contribution in [0, 0.1) is 0 Å². The lowest BCUT2D eigenvalue weighted by atomic mass is 10.2. The summed E-state index contributed by atoms with van der Waals surface area (Å²) in [6.45, 7) is -3.51. The Morgan fingerprint density at radius 1 is 1.12 bits per heavy atom. The second-order valence-corrected chi connectivity index (χ2v) is 5.36. The van der Waals surface area contributed by atoms with Crippen molar-refractivity contribution in [2.45, 2.75) is 6.61 Å². The Morgan fingerprint density at radius 2 is 1.88 bits per heavy atom. The van der Waals surface area contributed by atoms with E-state index in [2.05, 4.69) is 26.0 Å². The van der Waals surface area contributed by atoms with Crippen molar-refractivity contribution in [1.82, 2.24) is 0 Å². The van der Waals surface area contributed by atoms with Crippen molar-refractivity contribution in [3.63, 3.8) is 0 Å². The molecule has 0 bridgehead atoms. The number of benzene rings is 2. The maximum Gasteiger partial charge on any atom is 0.387 e. The highest BCUT2D eigenvalue weighted by molar-refractivity contribution is 9.10. The fourth-order valence-electron chi connectivity index (χ4n) is 1.76. The summed E-state index contributed by atoms with van der Waals surface area (Å²) < 4.78 is 34.0. The molecule has 0 radical (unpaired) electrons. The topological polar surface area (TPSA) is 64.6 Å². The van der Waals surface area contributed by atoms with Crippen LogP contribution in [-0.2, 0) is 9.53 Å². The molecule has 0 atom stereocenters. The van der Waals surface area contributed by atoms with Crippen molar-refractivity contribution in [2.24, 2.45) is 0 Å². The Bertz CT molecular complexity index is 740. The molecule has 1 amide bonds. The van der Waals surface area contributed by atoms with Gasteiger partial charge in [-0.2, -0.15) is 8.78 Å². The van der Waals surface area contributed by atoms with Crippen molar-refractivity contribution >= 4 is 33.5 Å². The van der Waals surface area contributed by atoms with Gasteiger partial charge in [-0.25, -0.2) is 4.79 Å². The average Bonchev–Trinajstić information content (AvgIpc) is 2.54. The third-order valence-electron chi connectivity index (χ3n) is 2.78. The minimum absolute atomic E-state index is 0.00171. The maximum atomic E-state index is 12.2. The third-order valence-corrected chi connectivity index (χ3v) is 3.47. The van der Waals surface area contributed by atoms with Crippen molar-refractivity contribution in [2.75, 3.05) is 11.9 Å². The van der Waals surface area contributed by atoms with E-state index in [9.17, 15) is 18.4 Å². The van der Waals surface area contributed by atoms with E-state index in [1.54, 1.807) is 24.3 Å². The number of alkyl halides is 2. The number of carbonyl (C=O) groups is 2. The number of anilines is 1. The Labute approximate surface area is 144 Å². The number of nitrogens with one attached hydrogen (secondary N) is 1. The lowest BCUT2D eigenvalue weighted by Gasteiger charge is -2.09. The number of esters is 1. The summed E-state index contributed by atoms with van der Waals surface area (Å²) in [7, 11) is 0. The molecule has 0 aromatic heterocycles. The number of hydrogen-bond acceptors (Lipinski definition) is 4. The molecule has 2 aromatic rings. The van der Waals surface area contributed by atoms with E-state index in [0.29, 0.717) is 10.2 Å². The molecule has 2 aromatic carbocycles. The van der Waals surface area contributed by atoms with Gasteiger partial charge in [0.15, 0.2) is 6.61 Å². The molecule has 0 saturated heterocycles. The molecule has 2 rings (SSSR count). The highest BCUT2D eigenvalue weighted by atomic mass is 79.9. The number of para-hydroxylation sites is 1. The van der Waals surface area contributed by atoms with Crippen LogP contribution in [0.2, 0.25) is 0 Å². The molecule has 0 heterocycles. The van der Waals surface area contributed by atoms with Crippen LogP contribution in [0.15, 0.2) is 53.0 Å². The monoisotopic (exact) mass is 399 g/mol. The summed E-state index contributed by atoms with van der Waals surface area (Å²) >= 11 is 3.27. The first-order valence-corrected chi connectivity index (χ1v) is 7.51. The lowest BCUT2D eigenvalue weighted by molar-refractivity contribution is -0.119. The maximum absolute atomic E-state index is 12.2. The van der Waals surface area contributed by atoms with Crippen molar-refractivity contribution in [1.29, 1.82) is 0 Å². The predicted molar refractivity (Wildman–Crippen MR) is 86.1 cm³/mol. The first-order valence-electron chi connectivity index (χ1n) is 6.72. The van der Waals surface area contributed by atoms with Crippen molar-refractivity contribution in [3.05, 3.63) is 58.6 Å². The Morgan fingerprint density at radius 3 is 2.58 bits per heavy atom. The first kappa shape index (κ1) is 17.9. The fourth-order valence-corrected chi connectivity index (χ4v) is 2.15. The highest BCUT2D eigenvalue weighted by Crippen LogP contribution is 2.21. The summed E-state index contributed by atoms with van der Waals surface area (Å²) in [6, 6.07) is 12.1. The number of amides is 1. The zero-order valence-electron chi connectivity index (χ0n) is 12.2. The number of halogens is 3. The normalized spacial score (nSPS) is 10.3. The number of rotatable bonds is 6. The summed E-state index contributed by atoms with van der Waals surface area (Å²) in [5.41, 5.74) is 0.535. The zero-order valence-corrected chi connectivity index (χ0v) is 13.8. The third kappa shape index (κ3) is 5.31. The molecular formula is C16H12BrF2NO4. The zero-order chi connectivity index (χ0) is 17.5. The van der Waals surface area contributed by atoms with Gasteiger partial charge in [-0.3, -0.25) is 4.79 Å². The van der Waals surface area contributed by atoms with Crippen LogP contribution < -0.4 is 10.1 Å². The lowest BCUT2D eigenvalue weighted by Crippen LogP contribution is -2.21. The average molecular weight is 400 g/mol. The second-order valence-electron chi connectivity index (χ2n) is 4.51. The highest BCUT2D eigenvalue weighted by Gasteiger charge is 2.13. The SMILES string of the molecule is O=C(COC(=O)c1cccc(OC(F)F)c1)Nc1ccccc1Br. The molecule has 0 spiro atoms. The molecule has 0 aliphatic rings. The summed E-state index contributed by atoms with van der Waals surface area (Å²) in [4.78, 5) is 23.6. The van der Waals surface area contributed by atoms with Crippen LogP contribution >= 0.6 is 15.9 Å². The van der Waals surface area contributed by atoms with Gasteiger partial charge in [-0.15, -0.1) is 0 Å². The Balaban J connectivity index is 1.91. The molecule has 24 heavy (non-hydrogen) atoms. The van der Waals surface area contributed by atoms with Crippen LogP contribution in [0.4, 0.5) is 14.5 Å².